The van der Waals surface area contributed by atoms with E-state index in [9.17, 15) is 4.39 Å². The van der Waals surface area contributed by atoms with E-state index in [2.05, 4.69) is 15.9 Å². The standard InChI is InChI=1S/C15H13BrClFO/c1-9-6-7-13(19-2)11(8-9)15(17)10-4-3-5-12(18)14(10)16/h3-8,15H,1-2H3. The van der Waals surface area contributed by atoms with Crippen molar-refractivity contribution < 1.29 is 9.13 Å². The second-order valence-corrected chi connectivity index (χ2v) is 5.48. The number of halogens is 3. The third-order valence-electron chi connectivity index (χ3n) is 2.91. The fourth-order valence-corrected chi connectivity index (χ4v) is 2.91. The average Bonchev–Trinajstić information content (AvgIpc) is 2.41. The van der Waals surface area contributed by atoms with Gasteiger partial charge in [-0.2, -0.15) is 0 Å². The zero-order valence-corrected chi connectivity index (χ0v) is 12.9. The van der Waals surface area contributed by atoms with Gasteiger partial charge in [-0.3, -0.25) is 0 Å². The summed E-state index contributed by atoms with van der Waals surface area (Å²) in [5, 5.41) is -0.472. The summed E-state index contributed by atoms with van der Waals surface area (Å²) in [4.78, 5) is 0. The van der Waals surface area contributed by atoms with Crippen LogP contribution in [0.5, 0.6) is 5.75 Å². The molecular formula is C15H13BrClFO. The first-order chi connectivity index (χ1) is 9.04. The lowest BCUT2D eigenvalue weighted by Gasteiger charge is -2.16. The topological polar surface area (TPSA) is 9.23 Å². The van der Waals surface area contributed by atoms with Crippen LogP contribution in [0.25, 0.3) is 0 Å². The summed E-state index contributed by atoms with van der Waals surface area (Å²) in [7, 11) is 1.60. The van der Waals surface area contributed by atoms with Crippen molar-refractivity contribution >= 4 is 27.5 Å². The summed E-state index contributed by atoms with van der Waals surface area (Å²) < 4.78 is 19.3. The van der Waals surface area contributed by atoms with Gasteiger partial charge in [-0.25, -0.2) is 4.39 Å². The minimum absolute atomic E-state index is 0.324. The van der Waals surface area contributed by atoms with Crippen LogP contribution in [-0.4, -0.2) is 7.11 Å². The highest BCUT2D eigenvalue weighted by atomic mass is 79.9. The lowest BCUT2D eigenvalue weighted by molar-refractivity contribution is 0.410. The second kappa shape index (κ2) is 5.93. The fraction of sp³-hybridized carbons (Fsp3) is 0.200. The third kappa shape index (κ3) is 2.93. The summed E-state index contributed by atoms with van der Waals surface area (Å²) in [5.74, 6) is 0.372. The molecule has 0 aromatic heterocycles. The number of rotatable bonds is 3. The maximum atomic E-state index is 13.6. The van der Waals surface area contributed by atoms with Gasteiger partial charge in [0.25, 0.3) is 0 Å². The van der Waals surface area contributed by atoms with Gasteiger partial charge in [-0.1, -0.05) is 29.8 Å². The van der Waals surface area contributed by atoms with Crippen molar-refractivity contribution in [3.05, 3.63) is 63.4 Å². The molecule has 0 aliphatic rings. The van der Waals surface area contributed by atoms with Crippen molar-refractivity contribution in [1.82, 2.24) is 0 Å². The van der Waals surface area contributed by atoms with Gasteiger partial charge >= 0.3 is 0 Å². The van der Waals surface area contributed by atoms with E-state index in [-0.39, 0.29) is 5.82 Å². The Labute approximate surface area is 125 Å². The van der Waals surface area contributed by atoms with Crippen LogP contribution in [0.2, 0.25) is 0 Å². The molecule has 0 amide bonds. The molecule has 2 aromatic rings. The van der Waals surface area contributed by atoms with Crippen LogP contribution >= 0.6 is 27.5 Å². The molecule has 1 nitrogen and oxygen atoms in total. The molecule has 0 bridgehead atoms. The number of methoxy groups -OCH3 is 1. The second-order valence-electron chi connectivity index (χ2n) is 4.25. The first-order valence-electron chi connectivity index (χ1n) is 5.77. The van der Waals surface area contributed by atoms with Crippen molar-refractivity contribution in [3.8, 4) is 5.75 Å². The van der Waals surface area contributed by atoms with Crippen molar-refractivity contribution in [3.63, 3.8) is 0 Å². The molecule has 0 N–H and O–H groups in total. The molecule has 0 aliphatic carbocycles. The summed E-state index contributed by atoms with van der Waals surface area (Å²) in [6.45, 7) is 1.98. The molecule has 0 fully saturated rings. The predicted octanol–water partition coefficient (Wildman–Crippen LogP) is 5.23. The highest BCUT2D eigenvalue weighted by Crippen LogP contribution is 2.39. The third-order valence-corrected chi connectivity index (χ3v) is 4.22. The van der Waals surface area contributed by atoms with Crippen LogP contribution in [0, 0.1) is 12.7 Å². The van der Waals surface area contributed by atoms with Crippen molar-refractivity contribution in [2.45, 2.75) is 12.3 Å². The number of hydrogen-bond acceptors (Lipinski definition) is 1. The Morgan fingerprint density at radius 3 is 2.63 bits per heavy atom. The van der Waals surface area contributed by atoms with E-state index in [0.29, 0.717) is 15.8 Å². The molecule has 2 aromatic carbocycles. The Morgan fingerprint density at radius 2 is 1.95 bits per heavy atom. The Bertz CT molecular complexity index is 601. The molecule has 2 rings (SSSR count). The number of ether oxygens (including phenoxy) is 1. The number of benzene rings is 2. The molecule has 1 atom stereocenters. The SMILES string of the molecule is COc1ccc(C)cc1C(Cl)c1cccc(F)c1Br. The molecule has 0 saturated heterocycles. The smallest absolute Gasteiger partial charge is 0.137 e. The summed E-state index contributed by atoms with van der Waals surface area (Å²) in [6, 6.07) is 10.6. The lowest BCUT2D eigenvalue weighted by atomic mass is 10.0. The monoisotopic (exact) mass is 342 g/mol. The molecule has 100 valence electrons. The van der Waals surface area contributed by atoms with Gasteiger partial charge in [0.1, 0.15) is 11.6 Å². The van der Waals surface area contributed by atoms with Gasteiger partial charge in [0, 0.05) is 5.56 Å². The molecule has 4 heteroatoms. The molecule has 0 aliphatic heterocycles. The lowest BCUT2D eigenvalue weighted by Crippen LogP contribution is -2.00. The van der Waals surface area contributed by atoms with Crippen molar-refractivity contribution in [2.24, 2.45) is 0 Å². The quantitative estimate of drug-likeness (QED) is 0.693. The van der Waals surface area contributed by atoms with E-state index < -0.39 is 5.38 Å². The number of aryl methyl sites for hydroxylation is 1. The Hall–Kier alpha value is -1.06. The maximum absolute atomic E-state index is 13.6. The van der Waals surface area contributed by atoms with E-state index in [0.717, 1.165) is 11.1 Å². The zero-order chi connectivity index (χ0) is 14.0. The number of hydrogen-bond donors (Lipinski definition) is 0. The van der Waals surface area contributed by atoms with E-state index >= 15 is 0 Å². The van der Waals surface area contributed by atoms with Gasteiger partial charge in [0.15, 0.2) is 0 Å². The Kier molecular flexibility index (Phi) is 4.48. The van der Waals surface area contributed by atoms with Gasteiger partial charge < -0.3 is 4.74 Å². The van der Waals surface area contributed by atoms with Gasteiger partial charge in [-0.05, 0) is 40.5 Å². The predicted molar refractivity (Wildman–Crippen MR) is 79.5 cm³/mol. The highest BCUT2D eigenvalue weighted by molar-refractivity contribution is 9.10. The number of alkyl halides is 1. The minimum atomic E-state index is -0.472. The molecular weight excluding hydrogens is 331 g/mol. The summed E-state index contributed by atoms with van der Waals surface area (Å²) in [6.07, 6.45) is 0. The van der Waals surface area contributed by atoms with Gasteiger partial charge in [0.2, 0.25) is 0 Å². The Morgan fingerprint density at radius 1 is 1.21 bits per heavy atom. The fourth-order valence-electron chi connectivity index (χ4n) is 1.94. The van der Waals surface area contributed by atoms with Crippen molar-refractivity contribution in [2.75, 3.05) is 7.11 Å². The van der Waals surface area contributed by atoms with Crippen LogP contribution in [0.3, 0.4) is 0 Å². The van der Waals surface area contributed by atoms with Gasteiger partial charge in [0.05, 0.1) is 17.0 Å². The zero-order valence-electron chi connectivity index (χ0n) is 10.6. The molecule has 0 saturated carbocycles. The molecule has 19 heavy (non-hydrogen) atoms. The van der Waals surface area contributed by atoms with Crippen LogP contribution in [0.4, 0.5) is 4.39 Å². The molecule has 0 heterocycles. The van der Waals surface area contributed by atoms with Crippen LogP contribution in [0.15, 0.2) is 40.9 Å². The van der Waals surface area contributed by atoms with E-state index in [1.165, 1.54) is 6.07 Å². The largest absolute Gasteiger partial charge is 0.496 e. The molecule has 0 spiro atoms. The Balaban J connectivity index is 2.52. The van der Waals surface area contributed by atoms with Crippen LogP contribution in [0.1, 0.15) is 22.1 Å². The maximum Gasteiger partial charge on any atom is 0.137 e. The van der Waals surface area contributed by atoms with E-state index in [4.69, 9.17) is 16.3 Å². The summed E-state index contributed by atoms with van der Waals surface area (Å²) >= 11 is 9.73. The first-order valence-corrected chi connectivity index (χ1v) is 7.00. The molecule has 1 unspecified atom stereocenters. The van der Waals surface area contributed by atoms with E-state index in [1.54, 1.807) is 19.2 Å². The highest BCUT2D eigenvalue weighted by Gasteiger charge is 2.19. The average molecular weight is 344 g/mol. The first kappa shape index (κ1) is 14.4. The van der Waals surface area contributed by atoms with Crippen molar-refractivity contribution in [1.29, 1.82) is 0 Å². The van der Waals surface area contributed by atoms with Crippen LogP contribution in [-0.2, 0) is 0 Å². The summed E-state index contributed by atoms with van der Waals surface area (Å²) in [5.41, 5.74) is 2.59. The minimum Gasteiger partial charge on any atom is -0.496 e. The van der Waals surface area contributed by atoms with Crippen LogP contribution < -0.4 is 4.74 Å². The molecule has 0 radical (unpaired) electrons. The normalized spacial score (nSPS) is 12.3. The van der Waals surface area contributed by atoms with Gasteiger partial charge in [-0.15, -0.1) is 11.6 Å². The van der Waals surface area contributed by atoms with E-state index in [1.807, 2.05) is 25.1 Å².